The number of hydrogen-bond acceptors (Lipinski definition) is 18. The van der Waals surface area contributed by atoms with Crippen molar-refractivity contribution in [2.45, 2.75) is 122 Å². The number of pyridine rings is 1. The highest BCUT2D eigenvalue weighted by molar-refractivity contribution is 7.90. The molecular weight excluding hydrogens is 1240 g/mol. The zero-order valence-corrected chi connectivity index (χ0v) is 55.1. The molecule has 0 radical (unpaired) electrons. The molecule has 4 amide bonds. The number of sulfonamides is 1. The Morgan fingerprint density at radius 1 is 0.796 bits per heavy atom. The van der Waals surface area contributed by atoms with E-state index in [2.05, 4.69) is 40.3 Å². The van der Waals surface area contributed by atoms with Crippen molar-refractivity contribution in [1.29, 1.82) is 0 Å². The SMILES string of the molecule is Cc1ncsc1-c1ccc([C@H](C)NC(=O)[C@@H]2C[C@@H](O)CN2C(=O)[C@@H](c2cc(N3CCN(c4ccc(S(=O)(=O)NC(=O)c5nc(N6CCc7cccc(C(=O)Nc8nc9ccccc9s8)c7C6)ccc5-c5cnn(CC6CCCCC6)c5C)cc4)CC3)no2)C(C)C)cc1. The van der Waals surface area contributed by atoms with Gasteiger partial charge >= 0.3 is 0 Å². The molecule has 0 bridgehead atoms. The summed E-state index contributed by atoms with van der Waals surface area (Å²) in [5, 5.41) is 26.7. The Kier molecular flexibility index (Phi) is 18.0. The van der Waals surface area contributed by atoms with Gasteiger partial charge in [-0.2, -0.15) is 5.10 Å². The lowest BCUT2D eigenvalue weighted by atomic mass is 9.89. The first-order valence-corrected chi connectivity index (χ1v) is 35.1. The van der Waals surface area contributed by atoms with Crippen LogP contribution in [0.4, 0.5) is 22.5 Å². The number of fused-ring (bicyclic) bond motifs is 2. The van der Waals surface area contributed by atoms with Crippen LogP contribution in [0.1, 0.15) is 126 Å². The van der Waals surface area contributed by atoms with Crippen LogP contribution in [0.2, 0.25) is 0 Å². The van der Waals surface area contributed by atoms with Crippen LogP contribution in [0.25, 0.3) is 31.8 Å². The average Bonchev–Trinajstić information content (AvgIpc) is 1.78. The summed E-state index contributed by atoms with van der Waals surface area (Å²) in [6, 6.07) is 32.0. The molecule has 5 aromatic heterocycles. The number of carbonyl (C=O) groups excluding carboxylic acids is 4. The zero-order valence-electron chi connectivity index (χ0n) is 52.6. The number of amides is 4. The van der Waals surface area contributed by atoms with Gasteiger partial charge in [-0.3, -0.25) is 29.2 Å². The lowest BCUT2D eigenvalue weighted by Crippen LogP contribution is -2.48. The van der Waals surface area contributed by atoms with E-state index in [0.717, 1.165) is 73.8 Å². The number of piperazine rings is 1. The van der Waals surface area contributed by atoms with Crippen molar-refractivity contribution >= 4 is 89.0 Å². The quantitative estimate of drug-likeness (QED) is 0.0623. The molecular formula is C69H75N13O8S3. The number of nitrogens with one attached hydrogen (secondary N) is 3. The first-order chi connectivity index (χ1) is 44.9. The van der Waals surface area contributed by atoms with Gasteiger partial charge in [-0.15, -0.1) is 11.3 Å². The number of hydrogen-bond donors (Lipinski definition) is 4. The summed E-state index contributed by atoms with van der Waals surface area (Å²) in [6.45, 7) is 13.5. The largest absolute Gasteiger partial charge is 0.391 e. The molecule has 3 aliphatic heterocycles. The van der Waals surface area contributed by atoms with Gasteiger partial charge in [-0.1, -0.05) is 98.1 Å². The number of nitrogens with zero attached hydrogens (tertiary/aromatic N) is 10. The fraction of sp³-hybridized carbons (Fsp3) is 0.377. The molecule has 1 aliphatic carbocycles. The third-order valence-electron chi connectivity index (χ3n) is 18.7. The molecule has 8 heterocycles. The third kappa shape index (κ3) is 13.3. The Hall–Kier alpha value is -8.84. The van der Waals surface area contributed by atoms with Gasteiger partial charge in [0.1, 0.15) is 23.5 Å². The number of likely N-dealkylation sites (tertiary alicyclic amines) is 1. The van der Waals surface area contributed by atoms with Crippen molar-refractivity contribution < 1.29 is 37.2 Å². The summed E-state index contributed by atoms with van der Waals surface area (Å²) in [6.07, 6.45) is 7.42. The van der Waals surface area contributed by atoms with Crippen molar-refractivity contribution in [3.8, 4) is 21.6 Å². The van der Waals surface area contributed by atoms with Gasteiger partial charge in [-0.25, -0.2) is 28.1 Å². The molecule has 4 N–H and O–H groups in total. The molecule has 4 aliphatic rings. The van der Waals surface area contributed by atoms with E-state index in [1.54, 1.807) is 41.8 Å². The van der Waals surface area contributed by atoms with E-state index in [0.29, 0.717) is 90.8 Å². The van der Waals surface area contributed by atoms with Gasteiger partial charge in [0.05, 0.1) is 49.5 Å². The number of aromatic nitrogens is 6. The standard InChI is InChI=1S/C69H75N13O8S3/c1-41(2)62(68(87)81-38-50(83)34-57(81)66(85)72-42(3)46-18-20-48(21-19-46)64-43(4)70-40-91-64)58-35-61(76-90-58)79-32-30-78(31-33-79)49-22-24-51(25-23-49)93(88,89)77-67(86)63-52(54-36-71-82(44(54)5)37-45-12-7-6-8-13-45)26-27-60(74-63)80-29-28-47-14-11-15-53(55(47)39-80)65(84)75-69-73-56-16-9-10-17-59(56)92-69/h9-11,14-27,35-36,40-42,45,50,57,62,83H,6-8,12-13,28-34,37-39H2,1-5H3,(H,72,85)(H,77,86)(H,73,75,84)/t42-,50+,57-,62+/m0/s1. The van der Waals surface area contributed by atoms with Gasteiger partial charge in [0.2, 0.25) is 11.8 Å². The molecule has 3 fully saturated rings. The van der Waals surface area contributed by atoms with Crippen molar-refractivity contribution in [3.63, 3.8) is 0 Å². The highest BCUT2D eigenvalue weighted by Crippen LogP contribution is 2.37. The van der Waals surface area contributed by atoms with E-state index in [9.17, 15) is 32.7 Å². The maximum atomic E-state index is 14.7. The highest BCUT2D eigenvalue weighted by Gasteiger charge is 2.44. The summed E-state index contributed by atoms with van der Waals surface area (Å²) in [4.78, 5) is 79.8. The fourth-order valence-corrected chi connectivity index (χ4v) is 16.2. The molecule has 0 unspecified atom stereocenters. The topological polar surface area (TPSA) is 254 Å². The average molecular weight is 1310 g/mol. The number of aryl methyl sites for hydroxylation is 1. The zero-order chi connectivity index (χ0) is 64.7. The van der Waals surface area contributed by atoms with E-state index >= 15 is 0 Å². The number of rotatable bonds is 18. The van der Waals surface area contributed by atoms with Gasteiger partial charge in [-0.05, 0) is 129 Å². The maximum Gasteiger partial charge on any atom is 0.284 e. The molecule has 13 rings (SSSR count). The second kappa shape index (κ2) is 26.6. The molecule has 24 heteroatoms. The summed E-state index contributed by atoms with van der Waals surface area (Å²) >= 11 is 2.98. The predicted octanol–water partition coefficient (Wildman–Crippen LogP) is 10.7. The summed E-state index contributed by atoms with van der Waals surface area (Å²) < 4.78 is 39.9. The maximum absolute atomic E-state index is 14.7. The molecule has 2 saturated heterocycles. The molecule has 482 valence electrons. The fourth-order valence-electron chi connectivity index (χ4n) is 13.6. The number of benzene rings is 4. The van der Waals surface area contributed by atoms with Crippen LogP contribution in [-0.2, 0) is 39.1 Å². The normalized spacial score (nSPS) is 17.8. The molecule has 4 atom stereocenters. The van der Waals surface area contributed by atoms with Crippen molar-refractivity contribution in [3.05, 3.63) is 166 Å². The lowest BCUT2D eigenvalue weighted by Gasteiger charge is -2.36. The number of β-amino-alcohol motifs (C(OH)–C–C–N with tert-alkyl or cyclic N) is 1. The molecule has 0 spiro atoms. The van der Waals surface area contributed by atoms with Crippen LogP contribution in [0.5, 0.6) is 0 Å². The van der Waals surface area contributed by atoms with E-state index in [1.165, 1.54) is 47.6 Å². The Morgan fingerprint density at radius 3 is 2.30 bits per heavy atom. The van der Waals surface area contributed by atoms with Crippen molar-refractivity contribution in [1.82, 2.24) is 44.8 Å². The van der Waals surface area contributed by atoms with Crippen LogP contribution in [0, 0.1) is 25.7 Å². The monoisotopic (exact) mass is 1310 g/mol. The Labute approximate surface area is 548 Å². The first kappa shape index (κ1) is 62.9. The van der Waals surface area contributed by atoms with Crippen LogP contribution >= 0.6 is 22.7 Å². The number of para-hydroxylation sites is 1. The van der Waals surface area contributed by atoms with Gasteiger partial charge in [0.15, 0.2) is 16.7 Å². The molecule has 21 nitrogen and oxygen atoms in total. The van der Waals surface area contributed by atoms with Gasteiger partial charge in [0, 0.05) is 92.9 Å². The second-order valence-corrected chi connectivity index (χ2v) is 28.7. The minimum Gasteiger partial charge on any atom is -0.391 e. The number of thiazole rings is 2. The Balaban J connectivity index is 0.668. The number of carbonyl (C=O) groups is 4. The first-order valence-electron chi connectivity index (χ1n) is 31.9. The van der Waals surface area contributed by atoms with E-state index < -0.39 is 34.0 Å². The van der Waals surface area contributed by atoms with Crippen molar-refractivity contribution in [2.24, 2.45) is 11.8 Å². The summed E-state index contributed by atoms with van der Waals surface area (Å²) in [5.74, 6) is -0.981. The van der Waals surface area contributed by atoms with E-state index in [1.807, 2.05) is 123 Å². The Bertz CT molecular complexity index is 4320. The number of anilines is 4. The molecule has 9 aromatic rings. The molecule has 1 saturated carbocycles. The number of aliphatic hydroxyl groups is 1. The van der Waals surface area contributed by atoms with Gasteiger partial charge in [0.25, 0.3) is 21.8 Å². The minimum absolute atomic E-state index is 0.0122. The van der Waals surface area contributed by atoms with E-state index in [-0.39, 0.29) is 53.2 Å². The molecule has 93 heavy (non-hydrogen) atoms. The second-order valence-electron chi connectivity index (χ2n) is 25.2. The minimum atomic E-state index is -4.44. The summed E-state index contributed by atoms with van der Waals surface area (Å²) in [5.41, 5.74) is 10.6. The third-order valence-corrected chi connectivity index (χ3v) is 22.0. The van der Waals surface area contributed by atoms with Crippen LogP contribution in [0.15, 0.2) is 130 Å². The van der Waals surface area contributed by atoms with Gasteiger partial charge < -0.3 is 34.5 Å². The smallest absolute Gasteiger partial charge is 0.284 e. The van der Waals surface area contributed by atoms with Crippen molar-refractivity contribution in [2.75, 3.05) is 59.3 Å². The Morgan fingerprint density at radius 2 is 1.56 bits per heavy atom. The predicted molar refractivity (Wildman–Crippen MR) is 360 cm³/mol. The van der Waals surface area contributed by atoms with Crippen LogP contribution in [-0.4, -0.2) is 123 Å². The lowest BCUT2D eigenvalue weighted by molar-refractivity contribution is -0.141. The van der Waals surface area contributed by atoms with E-state index in [4.69, 9.17) is 14.6 Å². The summed E-state index contributed by atoms with van der Waals surface area (Å²) in [7, 11) is -4.44. The van der Waals surface area contributed by atoms with Crippen LogP contribution in [0.3, 0.4) is 0 Å². The number of aliphatic hydroxyl groups excluding tert-OH is 1. The van der Waals surface area contributed by atoms with Crippen LogP contribution < -0.4 is 30.1 Å². The molecule has 4 aromatic carbocycles. The highest BCUT2D eigenvalue weighted by atomic mass is 32.2.